The lowest BCUT2D eigenvalue weighted by atomic mass is 9.97. The Morgan fingerprint density at radius 1 is 1.36 bits per heavy atom. The van der Waals surface area contributed by atoms with Gasteiger partial charge in [-0.15, -0.1) is 11.3 Å². The van der Waals surface area contributed by atoms with Gasteiger partial charge in [0.2, 0.25) is 5.91 Å². The van der Waals surface area contributed by atoms with E-state index in [0.29, 0.717) is 23.5 Å². The number of rotatable bonds is 6. The maximum atomic E-state index is 13.4. The van der Waals surface area contributed by atoms with Crippen LogP contribution in [0.4, 0.5) is 0 Å². The molecule has 0 aromatic carbocycles. The predicted molar refractivity (Wildman–Crippen MR) is 110 cm³/mol. The fraction of sp³-hybridized carbons (Fsp3) is 0.450. The second-order valence-electron chi connectivity index (χ2n) is 7.39. The molecule has 2 aliphatic carbocycles. The van der Waals surface area contributed by atoms with E-state index in [9.17, 15) is 9.59 Å². The molecule has 0 saturated heterocycles. The van der Waals surface area contributed by atoms with Crippen LogP contribution in [-0.2, 0) is 24.2 Å². The summed E-state index contributed by atoms with van der Waals surface area (Å²) in [6.45, 7) is 0.325. The molecule has 28 heavy (non-hydrogen) atoms. The largest absolute Gasteiger partial charge is 0.467 e. The Labute approximate surface area is 170 Å². The fourth-order valence-electron chi connectivity index (χ4n) is 3.65. The van der Waals surface area contributed by atoms with Crippen molar-refractivity contribution in [2.45, 2.75) is 56.3 Å². The number of aryl methyl sites for hydroxylation is 2. The monoisotopic (exact) mass is 415 g/mol. The molecule has 0 unspecified atom stereocenters. The fourth-order valence-corrected chi connectivity index (χ4v) is 5.77. The van der Waals surface area contributed by atoms with E-state index in [1.54, 1.807) is 22.2 Å². The molecule has 3 aromatic rings. The SMILES string of the molecule is O=C(CSc1nc2sc3c(c2c(=O)n1Cc1ccco1)CCCC3)NC1CC1. The van der Waals surface area contributed by atoms with Crippen LogP contribution in [0, 0.1) is 0 Å². The number of carbonyl (C=O) groups excluding carboxylic acids is 1. The highest BCUT2D eigenvalue weighted by Gasteiger charge is 2.25. The first-order valence-electron chi connectivity index (χ1n) is 9.68. The highest BCUT2D eigenvalue weighted by Crippen LogP contribution is 2.34. The third-order valence-corrected chi connectivity index (χ3v) is 7.37. The minimum Gasteiger partial charge on any atom is -0.467 e. The van der Waals surface area contributed by atoms with Gasteiger partial charge in [-0.05, 0) is 56.2 Å². The van der Waals surface area contributed by atoms with E-state index in [1.807, 2.05) is 12.1 Å². The van der Waals surface area contributed by atoms with Gasteiger partial charge in [-0.2, -0.15) is 0 Å². The van der Waals surface area contributed by atoms with E-state index in [2.05, 4.69) is 5.32 Å². The number of nitrogens with one attached hydrogen (secondary N) is 1. The Morgan fingerprint density at radius 2 is 2.21 bits per heavy atom. The summed E-state index contributed by atoms with van der Waals surface area (Å²) in [5.41, 5.74) is 1.16. The molecule has 2 aliphatic rings. The third-order valence-electron chi connectivity index (χ3n) is 5.21. The van der Waals surface area contributed by atoms with Gasteiger partial charge in [-0.25, -0.2) is 4.98 Å². The number of thioether (sulfide) groups is 1. The Balaban J connectivity index is 1.53. The van der Waals surface area contributed by atoms with Gasteiger partial charge in [0.1, 0.15) is 10.6 Å². The molecule has 0 aliphatic heterocycles. The maximum Gasteiger partial charge on any atom is 0.263 e. The summed E-state index contributed by atoms with van der Waals surface area (Å²) < 4.78 is 7.13. The summed E-state index contributed by atoms with van der Waals surface area (Å²) in [6.07, 6.45) is 7.99. The quantitative estimate of drug-likeness (QED) is 0.493. The number of aromatic nitrogens is 2. The van der Waals surface area contributed by atoms with Crippen LogP contribution >= 0.6 is 23.1 Å². The van der Waals surface area contributed by atoms with Crippen LogP contribution in [-0.4, -0.2) is 27.3 Å². The van der Waals surface area contributed by atoms with E-state index in [4.69, 9.17) is 9.40 Å². The lowest BCUT2D eigenvalue weighted by Gasteiger charge is -2.13. The second kappa shape index (κ2) is 7.40. The van der Waals surface area contributed by atoms with E-state index in [0.717, 1.165) is 42.3 Å². The third kappa shape index (κ3) is 3.51. The van der Waals surface area contributed by atoms with Crippen molar-refractivity contribution >= 4 is 39.2 Å². The van der Waals surface area contributed by atoms with Crippen LogP contribution < -0.4 is 10.9 Å². The topological polar surface area (TPSA) is 77.1 Å². The van der Waals surface area contributed by atoms with E-state index < -0.39 is 0 Å². The molecule has 6 nitrogen and oxygen atoms in total. The number of furan rings is 1. The first kappa shape index (κ1) is 18.0. The highest BCUT2D eigenvalue weighted by atomic mass is 32.2. The summed E-state index contributed by atoms with van der Waals surface area (Å²) in [5.74, 6) is 0.964. The number of hydrogen-bond donors (Lipinski definition) is 1. The second-order valence-corrected chi connectivity index (χ2v) is 9.41. The number of carbonyl (C=O) groups is 1. The Morgan fingerprint density at radius 3 is 3.00 bits per heavy atom. The van der Waals surface area contributed by atoms with Crippen LogP contribution in [0.3, 0.4) is 0 Å². The van der Waals surface area contributed by atoms with E-state index in [-0.39, 0.29) is 17.2 Å². The van der Waals surface area contributed by atoms with Crippen LogP contribution in [0.2, 0.25) is 0 Å². The number of thiophene rings is 1. The van der Waals surface area contributed by atoms with E-state index in [1.165, 1.54) is 28.6 Å². The first-order valence-corrected chi connectivity index (χ1v) is 11.5. The normalized spacial score (nSPS) is 16.3. The van der Waals surface area contributed by atoms with Gasteiger partial charge in [-0.3, -0.25) is 14.2 Å². The van der Waals surface area contributed by atoms with Gasteiger partial charge >= 0.3 is 0 Å². The van der Waals surface area contributed by atoms with Crippen LogP contribution in [0.5, 0.6) is 0 Å². The van der Waals surface area contributed by atoms with Crippen molar-refractivity contribution in [1.29, 1.82) is 0 Å². The van der Waals surface area contributed by atoms with Gasteiger partial charge in [0.15, 0.2) is 5.16 Å². The van der Waals surface area contributed by atoms with Gasteiger partial charge in [-0.1, -0.05) is 11.8 Å². The number of fused-ring (bicyclic) bond motifs is 3. The molecule has 3 aromatic heterocycles. The summed E-state index contributed by atoms with van der Waals surface area (Å²) in [5, 5.41) is 4.33. The zero-order chi connectivity index (χ0) is 19.1. The average Bonchev–Trinajstić information content (AvgIpc) is 3.21. The molecule has 0 bridgehead atoms. The van der Waals surface area contributed by atoms with Crippen LogP contribution in [0.15, 0.2) is 32.8 Å². The zero-order valence-electron chi connectivity index (χ0n) is 15.4. The molecule has 1 saturated carbocycles. The number of amides is 1. The predicted octanol–water partition coefficient (Wildman–Crippen LogP) is 3.35. The van der Waals surface area contributed by atoms with Crippen molar-refractivity contribution in [2.24, 2.45) is 0 Å². The van der Waals surface area contributed by atoms with Crippen LogP contribution in [0.1, 0.15) is 41.9 Å². The van der Waals surface area contributed by atoms with Crippen molar-refractivity contribution in [1.82, 2.24) is 14.9 Å². The average molecular weight is 416 g/mol. The van der Waals surface area contributed by atoms with Crippen molar-refractivity contribution < 1.29 is 9.21 Å². The molecule has 3 heterocycles. The van der Waals surface area contributed by atoms with Gasteiger partial charge in [0.05, 0.1) is 23.9 Å². The van der Waals surface area contributed by atoms with Crippen molar-refractivity contribution in [2.75, 3.05) is 5.75 Å². The molecule has 1 amide bonds. The standard InChI is InChI=1S/C20H21N3O3S2/c24-16(21-12-7-8-12)11-27-20-22-18-17(14-5-1-2-6-15(14)28-18)19(25)23(20)10-13-4-3-9-26-13/h3-4,9,12H,1-2,5-8,10-11H2,(H,21,24). The molecule has 1 N–H and O–H groups in total. The lowest BCUT2D eigenvalue weighted by molar-refractivity contribution is -0.118. The Kier molecular flexibility index (Phi) is 4.76. The smallest absolute Gasteiger partial charge is 0.263 e. The minimum absolute atomic E-state index is 0.00290. The van der Waals surface area contributed by atoms with E-state index >= 15 is 0 Å². The van der Waals surface area contributed by atoms with Gasteiger partial charge < -0.3 is 9.73 Å². The number of nitrogens with zero attached hydrogens (tertiary/aromatic N) is 2. The summed E-state index contributed by atoms with van der Waals surface area (Å²) >= 11 is 2.96. The first-order chi connectivity index (χ1) is 13.7. The van der Waals surface area contributed by atoms with Crippen molar-refractivity contribution in [3.8, 4) is 0 Å². The Hall–Kier alpha value is -2.06. The molecular formula is C20H21N3O3S2. The molecule has 0 atom stereocenters. The zero-order valence-corrected chi connectivity index (χ0v) is 17.0. The molecule has 8 heteroatoms. The van der Waals surface area contributed by atoms with Crippen LogP contribution in [0.25, 0.3) is 10.2 Å². The Bertz CT molecular complexity index is 1080. The number of hydrogen-bond acceptors (Lipinski definition) is 6. The summed E-state index contributed by atoms with van der Waals surface area (Å²) in [7, 11) is 0. The lowest BCUT2D eigenvalue weighted by Crippen LogP contribution is -2.28. The van der Waals surface area contributed by atoms with Gasteiger partial charge in [0.25, 0.3) is 5.56 Å². The molecular weight excluding hydrogens is 394 g/mol. The molecule has 1 fully saturated rings. The molecule has 0 spiro atoms. The van der Waals surface area contributed by atoms with Gasteiger partial charge in [0, 0.05) is 10.9 Å². The maximum absolute atomic E-state index is 13.4. The molecule has 0 radical (unpaired) electrons. The summed E-state index contributed by atoms with van der Waals surface area (Å²) in [6, 6.07) is 4.00. The minimum atomic E-state index is -0.0223. The highest BCUT2D eigenvalue weighted by molar-refractivity contribution is 7.99. The van der Waals surface area contributed by atoms with Crippen molar-refractivity contribution in [3.63, 3.8) is 0 Å². The van der Waals surface area contributed by atoms with Crippen molar-refractivity contribution in [3.05, 3.63) is 45.0 Å². The molecule has 5 rings (SSSR count). The summed E-state index contributed by atoms with van der Waals surface area (Å²) in [4.78, 5) is 32.5. The molecule has 146 valence electrons.